The second-order valence-electron chi connectivity index (χ2n) is 5.82. The summed E-state index contributed by atoms with van der Waals surface area (Å²) in [5, 5.41) is 3.49. The van der Waals surface area contributed by atoms with Crippen LogP contribution in [0.5, 0.6) is 0 Å². The summed E-state index contributed by atoms with van der Waals surface area (Å²) in [5.74, 6) is 1.28. The number of rotatable bonds is 4. The standard InChI is InChI=1S/C16H24N4/c1-3-6-16(7-10-17-11-8-16)15-19-13-12-18-9-5-14(13)20(15)4-2/h5,9,12,17H,3-4,6-8,10-11H2,1-2H3. The van der Waals surface area contributed by atoms with Gasteiger partial charge in [0.2, 0.25) is 0 Å². The van der Waals surface area contributed by atoms with Crippen molar-refractivity contribution in [3.8, 4) is 0 Å². The molecule has 20 heavy (non-hydrogen) atoms. The Balaban J connectivity index is 2.14. The number of imidazole rings is 1. The summed E-state index contributed by atoms with van der Waals surface area (Å²) >= 11 is 0. The molecule has 3 heterocycles. The van der Waals surface area contributed by atoms with E-state index >= 15 is 0 Å². The van der Waals surface area contributed by atoms with Crippen molar-refractivity contribution in [2.75, 3.05) is 13.1 Å². The third-order valence-electron chi connectivity index (χ3n) is 4.63. The van der Waals surface area contributed by atoms with Gasteiger partial charge in [-0.3, -0.25) is 4.98 Å². The zero-order valence-electron chi connectivity index (χ0n) is 12.5. The van der Waals surface area contributed by atoms with E-state index in [1.54, 1.807) is 0 Å². The number of nitrogens with zero attached hydrogens (tertiary/aromatic N) is 3. The molecular weight excluding hydrogens is 248 g/mol. The topological polar surface area (TPSA) is 42.7 Å². The summed E-state index contributed by atoms with van der Waals surface area (Å²) in [6.45, 7) is 7.68. The Morgan fingerprint density at radius 3 is 2.80 bits per heavy atom. The molecule has 0 aliphatic carbocycles. The molecule has 0 amide bonds. The molecular formula is C16H24N4. The summed E-state index contributed by atoms with van der Waals surface area (Å²) < 4.78 is 2.40. The lowest BCUT2D eigenvalue weighted by molar-refractivity contribution is 0.264. The molecule has 0 radical (unpaired) electrons. The maximum Gasteiger partial charge on any atom is 0.116 e. The number of piperidine rings is 1. The summed E-state index contributed by atoms with van der Waals surface area (Å²) in [6.07, 6.45) is 8.59. The van der Waals surface area contributed by atoms with Crippen molar-refractivity contribution in [3.63, 3.8) is 0 Å². The van der Waals surface area contributed by atoms with Gasteiger partial charge in [-0.25, -0.2) is 4.98 Å². The smallest absolute Gasteiger partial charge is 0.116 e. The molecule has 1 N–H and O–H groups in total. The average molecular weight is 272 g/mol. The number of hydrogen-bond acceptors (Lipinski definition) is 3. The SMILES string of the molecule is CCCC1(c2nc3cnccc3n2CC)CCNCC1. The van der Waals surface area contributed by atoms with Crippen LogP contribution in [-0.2, 0) is 12.0 Å². The first kappa shape index (κ1) is 13.6. The fourth-order valence-electron chi connectivity index (χ4n) is 3.68. The lowest BCUT2D eigenvalue weighted by atomic mass is 9.74. The Labute approximate surface area is 120 Å². The van der Waals surface area contributed by atoms with Gasteiger partial charge in [-0.2, -0.15) is 0 Å². The number of hydrogen-bond donors (Lipinski definition) is 1. The molecule has 1 fully saturated rings. The van der Waals surface area contributed by atoms with Gasteiger partial charge in [0.05, 0.1) is 11.7 Å². The van der Waals surface area contributed by atoms with E-state index in [-0.39, 0.29) is 5.41 Å². The van der Waals surface area contributed by atoms with Crippen LogP contribution >= 0.6 is 0 Å². The predicted octanol–water partition coefficient (Wildman–Crippen LogP) is 2.87. The third-order valence-corrected chi connectivity index (χ3v) is 4.63. The second-order valence-corrected chi connectivity index (χ2v) is 5.82. The van der Waals surface area contributed by atoms with E-state index in [2.05, 4.69) is 34.8 Å². The van der Waals surface area contributed by atoms with Crippen molar-refractivity contribution >= 4 is 11.0 Å². The maximum atomic E-state index is 4.97. The van der Waals surface area contributed by atoms with Gasteiger partial charge in [-0.1, -0.05) is 13.3 Å². The quantitative estimate of drug-likeness (QED) is 0.930. The van der Waals surface area contributed by atoms with Gasteiger partial charge in [0.25, 0.3) is 0 Å². The van der Waals surface area contributed by atoms with Crippen molar-refractivity contribution in [1.82, 2.24) is 19.9 Å². The van der Waals surface area contributed by atoms with Crippen molar-refractivity contribution in [3.05, 3.63) is 24.3 Å². The van der Waals surface area contributed by atoms with E-state index in [1.807, 2.05) is 12.4 Å². The van der Waals surface area contributed by atoms with Gasteiger partial charge in [0.15, 0.2) is 0 Å². The summed E-state index contributed by atoms with van der Waals surface area (Å²) in [5.41, 5.74) is 2.51. The lowest BCUT2D eigenvalue weighted by Gasteiger charge is -2.37. The highest BCUT2D eigenvalue weighted by Crippen LogP contribution is 2.38. The highest BCUT2D eigenvalue weighted by atomic mass is 15.1. The Kier molecular flexibility index (Phi) is 3.74. The highest BCUT2D eigenvalue weighted by molar-refractivity contribution is 5.75. The molecule has 0 atom stereocenters. The van der Waals surface area contributed by atoms with Crippen LogP contribution in [0.15, 0.2) is 18.5 Å². The fraction of sp³-hybridized carbons (Fsp3) is 0.625. The van der Waals surface area contributed by atoms with Gasteiger partial charge in [-0.15, -0.1) is 0 Å². The van der Waals surface area contributed by atoms with Crippen LogP contribution in [0, 0.1) is 0 Å². The van der Waals surface area contributed by atoms with E-state index in [0.29, 0.717) is 0 Å². The molecule has 4 nitrogen and oxygen atoms in total. The maximum absolute atomic E-state index is 4.97. The minimum absolute atomic E-state index is 0.245. The average Bonchev–Trinajstić information content (AvgIpc) is 2.87. The minimum Gasteiger partial charge on any atom is -0.328 e. The largest absolute Gasteiger partial charge is 0.328 e. The molecule has 0 bridgehead atoms. The molecule has 0 aromatic carbocycles. The second kappa shape index (κ2) is 5.52. The van der Waals surface area contributed by atoms with Gasteiger partial charge in [0.1, 0.15) is 11.3 Å². The van der Waals surface area contributed by atoms with E-state index in [0.717, 1.165) is 25.2 Å². The number of aryl methyl sites for hydroxylation is 1. The lowest BCUT2D eigenvalue weighted by Crippen LogP contribution is -2.41. The molecule has 108 valence electrons. The van der Waals surface area contributed by atoms with E-state index in [4.69, 9.17) is 4.98 Å². The Bertz CT molecular complexity index is 576. The van der Waals surface area contributed by atoms with E-state index < -0.39 is 0 Å². The first-order chi connectivity index (χ1) is 9.80. The Hall–Kier alpha value is -1.42. The molecule has 0 unspecified atom stereocenters. The van der Waals surface area contributed by atoms with Crippen LogP contribution in [0.1, 0.15) is 45.4 Å². The van der Waals surface area contributed by atoms with Gasteiger partial charge in [0, 0.05) is 18.2 Å². The number of nitrogens with one attached hydrogen (secondary N) is 1. The number of aromatic nitrogens is 3. The summed E-state index contributed by atoms with van der Waals surface area (Å²) in [7, 11) is 0. The van der Waals surface area contributed by atoms with Crippen molar-refractivity contribution in [2.45, 2.75) is 51.5 Å². The number of fused-ring (bicyclic) bond motifs is 1. The summed E-state index contributed by atoms with van der Waals surface area (Å²) in [4.78, 5) is 9.20. The van der Waals surface area contributed by atoms with Crippen LogP contribution < -0.4 is 5.32 Å². The molecule has 0 spiro atoms. The molecule has 4 heteroatoms. The predicted molar refractivity (Wildman–Crippen MR) is 81.9 cm³/mol. The Morgan fingerprint density at radius 2 is 2.10 bits per heavy atom. The van der Waals surface area contributed by atoms with Crippen LogP contribution in [0.4, 0.5) is 0 Å². The van der Waals surface area contributed by atoms with Crippen LogP contribution in [0.25, 0.3) is 11.0 Å². The molecule has 0 saturated carbocycles. The van der Waals surface area contributed by atoms with Gasteiger partial charge >= 0.3 is 0 Å². The van der Waals surface area contributed by atoms with Gasteiger partial charge in [-0.05, 0) is 45.3 Å². The van der Waals surface area contributed by atoms with Crippen molar-refractivity contribution in [2.24, 2.45) is 0 Å². The zero-order chi connectivity index (χ0) is 14.0. The first-order valence-corrected chi connectivity index (χ1v) is 7.82. The number of pyridine rings is 1. The Morgan fingerprint density at radius 1 is 1.30 bits per heavy atom. The van der Waals surface area contributed by atoms with Crippen LogP contribution in [0.3, 0.4) is 0 Å². The van der Waals surface area contributed by atoms with Crippen molar-refractivity contribution < 1.29 is 0 Å². The van der Waals surface area contributed by atoms with E-state index in [1.165, 1.54) is 37.0 Å². The fourth-order valence-corrected chi connectivity index (χ4v) is 3.68. The monoisotopic (exact) mass is 272 g/mol. The molecule has 1 saturated heterocycles. The zero-order valence-corrected chi connectivity index (χ0v) is 12.5. The molecule has 1 aliphatic rings. The molecule has 1 aliphatic heterocycles. The van der Waals surface area contributed by atoms with Crippen LogP contribution in [-0.4, -0.2) is 27.6 Å². The summed E-state index contributed by atoms with van der Waals surface area (Å²) in [6, 6.07) is 2.09. The normalized spacial score (nSPS) is 18.5. The molecule has 2 aromatic heterocycles. The molecule has 2 aromatic rings. The molecule has 3 rings (SSSR count). The first-order valence-electron chi connectivity index (χ1n) is 7.82. The van der Waals surface area contributed by atoms with Crippen LogP contribution in [0.2, 0.25) is 0 Å². The van der Waals surface area contributed by atoms with Gasteiger partial charge < -0.3 is 9.88 Å². The van der Waals surface area contributed by atoms with E-state index in [9.17, 15) is 0 Å². The highest BCUT2D eigenvalue weighted by Gasteiger charge is 2.37. The third kappa shape index (κ3) is 2.12. The van der Waals surface area contributed by atoms with Crippen molar-refractivity contribution in [1.29, 1.82) is 0 Å². The minimum atomic E-state index is 0.245.